The van der Waals surface area contributed by atoms with Crippen LogP contribution >= 0.6 is 0 Å². The molecule has 9 heteroatoms. The number of aromatic amines is 1. The SMILES string of the molecule is CN1CCOc2ccc(/C(O)=C3\C(=O)C(=O)N(c4nc5ccccc5[nH]4)C3c3cccnc3)cc21. The van der Waals surface area contributed by atoms with Gasteiger partial charge in [0.05, 0.1) is 34.9 Å². The zero-order valence-corrected chi connectivity index (χ0v) is 18.8. The number of nitrogens with one attached hydrogen (secondary N) is 1. The van der Waals surface area contributed by atoms with Gasteiger partial charge < -0.3 is 19.7 Å². The van der Waals surface area contributed by atoms with E-state index in [0.717, 1.165) is 11.2 Å². The first kappa shape index (κ1) is 20.9. The van der Waals surface area contributed by atoms with Crippen LogP contribution in [0.5, 0.6) is 5.75 Å². The van der Waals surface area contributed by atoms with Gasteiger partial charge in [0, 0.05) is 25.0 Å². The Morgan fingerprint density at radius 3 is 2.80 bits per heavy atom. The Morgan fingerprint density at radius 1 is 1.14 bits per heavy atom. The van der Waals surface area contributed by atoms with Gasteiger partial charge in [-0.3, -0.25) is 19.5 Å². The lowest BCUT2D eigenvalue weighted by atomic mass is 9.96. The molecule has 2 aliphatic rings. The largest absolute Gasteiger partial charge is 0.507 e. The number of fused-ring (bicyclic) bond motifs is 2. The maximum atomic E-state index is 13.3. The van der Waals surface area contributed by atoms with Crippen molar-refractivity contribution in [2.45, 2.75) is 6.04 Å². The van der Waals surface area contributed by atoms with Crippen molar-refractivity contribution in [3.8, 4) is 5.75 Å². The van der Waals surface area contributed by atoms with Gasteiger partial charge in [-0.25, -0.2) is 4.98 Å². The summed E-state index contributed by atoms with van der Waals surface area (Å²) in [5, 5.41) is 11.4. The van der Waals surface area contributed by atoms with E-state index in [9.17, 15) is 14.7 Å². The van der Waals surface area contributed by atoms with Crippen LogP contribution in [0.4, 0.5) is 11.6 Å². The maximum Gasteiger partial charge on any atom is 0.302 e. The van der Waals surface area contributed by atoms with Crippen LogP contribution in [0.3, 0.4) is 0 Å². The molecule has 2 aliphatic heterocycles. The van der Waals surface area contributed by atoms with Gasteiger partial charge in [-0.2, -0.15) is 0 Å². The van der Waals surface area contributed by atoms with Gasteiger partial charge in [-0.15, -0.1) is 0 Å². The molecule has 35 heavy (non-hydrogen) atoms. The quantitative estimate of drug-likeness (QED) is 0.270. The highest BCUT2D eigenvalue weighted by Gasteiger charge is 2.48. The highest BCUT2D eigenvalue weighted by molar-refractivity contribution is 6.51. The Morgan fingerprint density at radius 2 is 2.00 bits per heavy atom. The fourth-order valence-electron chi connectivity index (χ4n) is 4.61. The number of ketones is 1. The van der Waals surface area contributed by atoms with Crippen LogP contribution < -0.4 is 14.5 Å². The third-order valence-electron chi connectivity index (χ3n) is 6.38. The number of carbonyl (C=O) groups is 2. The molecule has 0 spiro atoms. The maximum absolute atomic E-state index is 13.3. The molecule has 2 N–H and O–H groups in total. The second kappa shape index (κ2) is 7.98. The van der Waals surface area contributed by atoms with Crippen molar-refractivity contribution in [2.24, 2.45) is 0 Å². The first-order valence-electron chi connectivity index (χ1n) is 11.2. The highest BCUT2D eigenvalue weighted by atomic mass is 16.5. The highest BCUT2D eigenvalue weighted by Crippen LogP contribution is 2.42. The third kappa shape index (κ3) is 3.31. The predicted octanol–water partition coefficient (Wildman–Crippen LogP) is 3.41. The van der Waals surface area contributed by atoms with Crippen LogP contribution in [0.25, 0.3) is 16.8 Å². The van der Waals surface area contributed by atoms with Crippen LogP contribution in [0.1, 0.15) is 17.2 Å². The van der Waals surface area contributed by atoms with E-state index in [1.807, 2.05) is 36.2 Å². The summed E-state index contributed by atoms with van der Waals surface area (Å²) in [6.45, 7) is 1.27. The molecule has 2 aromatic heterocycles. The van der Waals surface area contributed by atoms with Crippen molar-refractivity contribution in [1.82, 2.24) is 15.0 Å². The van der Waals surface area contributed by atoms with Crippen LogP contribution in [0.15, 0.2) is 72.6 Å². The topological polar surface area (TPSA) is 112 Å². The summed E-state index contributed by atoms with van der Waals surface area (Å²) in [6.07, 6.45) is 3.18. The number of imidazole rings is 1. The van der Waals surface area contributed by atoms with Gasteiger partial charge >= 0.3 is 5.91 Å². The smallest absolute Gasteiger partial charge is 0.302 e. The number of pyridine rings is 1. The van der Waals surface area contributed by atoms with Gasteiger partial charge in [0.2, 0.25) is 5.95 Å². The number of Topliss-reactive ketones (excluding diaryl/α,β-unsaturated/α-hetero) is 1. The molecule has 0 aliphatic carbocycles. The number of ether oxygens (including phenoxy) is 1. The van der Waals surface area contributed by atoms with E-state index in [0.29, 0.717) is 35.5 Å². The van der Waals surface area contributed by atoms with E-state index in [4.69, 9.17) is 4.74 Å². The number of H-pyrrole nitrogens is 1. The zero-order chi connectivity index (χ0) is 24.1. The van der Waals surface area contributed by atoms with E-state index in [-0.39, 0.29) is 17.3 Å². The minimum Gasteiger partial charge on any atom is -0.507 e. The lowest BCUT2D eigenvalue weighted by Gasteiger charge is -2.28. The minimum atomic E-state index is -0.908. The number of nitrogens with zero attached hydrogens (tertiary/aromatic N) is 4. The molecule has 1 amide bonds. The predicted molar refractivity (Wildman–Crippen MR) is 130 cm³/mol. The Hall–Kier alpha value is -4.66. The van der Waals surface area contributed by atoms with Gasteiger partial charge in [0.25, 0.3) is 5.78 Å². The normalized spacial score (nSPS) is 19.2. The summed E-state index contributed by atoms with van der Waals surface area (Å²) in [5.41, 5.74) is 3.15. The zero-order valence-electron chi connectivity index (χ0n) is 18.8. The summed E-state index contributed by atoms with van der Waals surface area (Å²) in [5.74, 6) is -0.920. The number of benzene rings is 2. The number of rotatable bonds is 3. The number of hydrogen-bond acceptors (Lipinski definition) is 7. The fraction of sp³-hybridized carbons (Fsp3) is 0.154. The van der Waals surface area contributed by atoms with Crippen molar-refractivity contribution in [1.29, 1.82) is 0 Å². The Bertz CT molecular complexity index is 1480. The molecule has 0 bridgehead atoms. The average Bonchev–Trinajstić information content (AvgIpc) is 3.42. The van der Waals surface area contributed by atoms with Crippen LogP contribution in [0, 0.1) is 0 Å². The lowest BCUT2D eigenvalue weighted by molar-refractivity contribution is -0.132. The van der Waals surface area contributed by atoms with Gasteiger partial charge in [-0.1, -0.05) is 18.2 Å². The molecular formula is C26H21N5O4. The Balaban J connectivity index is 1.54. The van der Waals surface area contributed by atoms with E-state index in [1.165, 1.54) is 4.90 Å². The van der Waals surface area contributed by atoms with Crippen LogP contribution in [0.2, 0.25) is 0 Å². The summed E-state index contributed by atoms with van der Waals surface area (Å²) in [6, 6.07) is 15.1. The number of anilines is 2. The van der Waals surface area contributed by atoms with Gasteiger partial charge in [0.15, 0.2) is 0 Å². The monoisotopic (exact) mass is 467 g/mol. The number of para-hydroxylation sites is 2. The van der Waals surface area contributed by atoms with Crippen molar-refractivity contribution in [2.75, 3.05) is 30.0 Å². The summed E-state index contributed by atoms with van der Waals surface area (Å²) in [4.78, 5) is 41.8. The molecule has 6 rings (SSSR count). The summed E-state index contributed by atoms with van der Waals surface area (Å²) < 4.78 is 5.70. The molecule has 1 unspecified atom stereocenters. The third-order valence-corrected chi connectivity index (χ3v) is 6.38. The van der Waals surface area contributed by atoms with E-state index in [2.05, 4.69) is 15.0 Å². The Kier molecular flexibility index (Phi) is 4.77. The number of amides is 1. The first-order chi connectivity index (χ1) is 17.0. The minimum absolute atomic E-state index is 0.0252. The molecule has 1 saturated heterocycles. The first-order valence-corrected chi connectivity index (χ1v) is 11.2. The molecule has 174 valence electrons. The van der Waals surface area contributed by atoms with Crippen molar-refractivity contribution in [3.63, 3.8) is 0 Å². The number of carbonyl (C=O) groups excluding carboxylic acids is 2. The van der Waals surface area contributed by atoms with Crippen molar-refractivity contribution < 1.29 is 19.4 Å². The second-order valence-corrected chi connectivity index (χ2v) is 8.49. The second-order valence-electron chi connectivity index (χ2n) is 8.49. The average molecular weight is 467 g/mol. The number of aromatic nitrogens is 3. The number of hydrogen-bond donors (Lipinski definition) is 2. The molecule has 0 saturated carbocycles. The van der Waals surface area contributed by atoms with Gasteiger partial charge in [0.1, 0.15) is 18.1 Å². The lowest BCUT2D eigenvalue weighted by Crippen LogP contribution is -2.30. The molecule has 4 aromatic rings. The van der Waals surface area contributed by atoms with Gasteiger partial charge in [-0.05, 0) is 42.0 Å². The van der Waals surface area contributed by atoms with Crippen LogP contribution in [-0.4, -0.2) is 51.9 Å². The number of aliphatic hydroxyl groups excluding tert-OH is 1. The standard InChI is InChI=1S/C26H21N5O4/c1-30-11-12-35-20-9-8-15(13-19(20)30)23(32)21-22(16-5-4-10-27-14-16)31(25(34)24(21)33)26-28-17-6-2-3-7-18(17)29-26/h2-10,13-14,22,32H,11-12H2,1H3,(H,28,29)/b23-21+. The summed E-state index contributed by atoms with van der Waals surface area (Å²) >= 11 is 0. The van der Waals surface area contributed by atoms with E-state index < -0.39 is 17.7 Å². The molecular weight excluding hydrogens is 446 g/mol. The summed E-state index contributed by atoms with van der Waals surface area (Å²) in [7, 11) is 1.93. The molecule has 2 aromatic carbocycles. The Labute approximate surface area is 200 Å². The molecule has 1 atom stereocenters. The van der Waals surface area contributed by atoms with E-state index in [1.54, 1.807) is 42.7 Å². The molecule has 1 fully saturated rings. The van der Waals surface area contributed by atoms with Crippen LogP contribution in [-0.2, 0) is 9.59 Å². The number of aliphatic hydroxyl groups is 1. The fourth-order valence-corrected chi connectivity index (χ4v) is 4.61. The molecule has 9 nitrogen and oxygen atoms in total. The van der Waals surface area contributed by atoms with Crippen molar-refractivity contribution >= 4 is 40.1 Å². The molecule has 0 radical (unpaired) electrons. The number of likely N-dealkylation sites (N-methyl/N-ethyl adjacent to an activating group) is 1. The van der Waals surface area contributed by atoms with E-state index >= 15 is 0 Å². The molecule has 4 heterocycles. The van der Waals surface area contributed by atoms with Crippen molar-refractivity contribution in [3.05, 3.63) is 83.7 Å².